The van der Waals surface area contributed by atoms with Crippen LogP contribution in [0.2, 0.25) is 0 Å². The lowest BCUT2D eigenvalue weighted by Gasteiger charge is -2.14. The standard InChI is InChI=1S/C25H25N5O2S/c1-3-32-22-13-11-21(12-14-22)27-24(31)18(2)33-25-29-28-23(20-10-7-15-26-16-20)30(25)17-19-8-5-4-6-9-19/h4-16,18H,3,17H2,1-2H3,(H,27,31). The Hall–Kier alpha value is -3.65. The van der Waals surface area contributed by atoms with Crippen LogP contribution in [0.3, 0.4) is 0 Å². The third-order valence-corrected chi connectivity index (χ3v) is 5.98. The van der Waals surface area contributed by atoms with Crippen LogP contribution in [0.4, 0.5) is 5.69 Å². The predicted molar refractivity (Wildman–Crippen MR) is 130 cm³/mol. The van der Waals surface area contributed by atoms with Crippen molar-refractivity contribution in [2.24, 2.45) is 0 Å². The number of carbonyl (C=O) groups is 1. The minimum absolute atomic E-state index is 0.110. The molecule has 168 valence electrons. The molecular formula is C25H25N5O2S. The Kier molecular flexibility index (Phi) is 7.36. The summed E-state index contributed by atoms with van der Waals surface area (Å²) in [6, 6.07) is 21.3. The average molecular weight is 460 g/mol. The van der Waals surface area contributed by atoms with Crippen molar-refractivity contribution in [1.82, 2.24) is 19.7 Å². The molecule has 7 nitrogen and oxygen atoms in total. The molecule has 0 spiro atoms. The van der Waals surface area contributed by atoms with Gasteiger partial charge in [0.05, 0.1) is 18.4 Å². The van der Waals surface area contributed by atoms with Gasteiger partial charge in [0.15, 0.2) is 11.0 Å². The first kappa shape index (κ1) is 22.5. The van der Waals surface area contributed by atoms with Gasteiger partial charge in [-0.3, -0.25) is 14.3 Å². The van der Waals surface area contributed by atoms with Crippen LogP contribution in [-0.2, 0) is 11.3 Å². The zero-order valence-corrected chi connectivity index (χ0v) is 19.3. The lowest BCUT2D eigenvalue weighted by atomic mass is 10.2. The van der Waals surface area contributed by atoms with Gasteiger partial charge in [0.1, 0.15) is 5.75 Å². The highest BCUT2D eigenvalue weighted by molar-refractivity contribution is 8.00. The van der Waals surface area contributed by atoms with E-state index in [1.54, 1.807) is 12.4 Å². The Morgan fingerprint density at radius 3 is 2.55 bits per heavy atom. The van der Waals surface area contributed by atoms with E-state index < -0.39 is 0 Å². The van der Waals surface area contributed by atoms with Gasteiger partial charge < -0.3 is 10.1 Å². The Morgan fingerprint density at radius 1 is 1.06 bits per heavy atom. The highest BCUT2D eigenvalue weighted by Gasteiger charge is 2.21. The van der Waals surface area contributed by atoms with Crippen LogP contribution in [0.25, 0.3) is 11.4 Å². The van der Waals surface area contributed by atoms with Crippen molar-refractivity contribution in [3.05, 3.63) is 84.7 Å². The Morgan fingerprint density at radius 2 is 1.85 bits per heavy atom. The summed E-state index contributed by atoms with van der Waals surface area (Å²) in [5.41, 5.74) is 2.72. The highest BCUT2D eigenvalue weighted by Crippen LogP contribution is 2.28. The molecule has 0 saturated heterocycles. The molecule has 2 heterocycles. The van der Waals surface area contributed by atoms with Crippen LogP contribution < -0.4 is 10.1 Å². The number of rotatable bonds is 9. The molecule has 0 bridgehead atoms. The monoisotopic (exact) mass is 459 g/mol. The van der Waals surface area contributed by atoms with E-state index in [-0.39, 0.29) is 11.2 Å². The largest absolute Gasteiger partial charge is 0.494 e. The van der Waals surface area contributed by atoms with Crippen LogP contribution in [-0.4, -0.2) is 37.5 Å². The second-order valence-electron chi connectivity index (χ2n) is 7.33. The Labute approximate surface area is 197 Å². The lowest BCUT2D eigenvalue weighted by Crippen LogP contribution is -2.23. The number of amides is 1. The molecular weight excluding hydrogens is 434 g/mol. The number of carbonyl (C=O) groups excluding carboxylic acids is 1. The van der Waals surface area contributed by atoms with Crippen LogP contribution in [0.1, 0.15) is 19.4 Å². The first-order chi connectivity index (χ1) is 16.1. The third-order valence-electron chi connectivity index (χ3n) is 4.90. The van der Waals surface area contributed by atoms with Crippen molar-refractivity contribution in [1.29, 1.82) is 0 Å². The van der Waals surface area contributed by atoms with Crippen molar-refractivity contribution in [3.63, 3.8) is 0 Å². The Balaban J connectivity index is 1.52. The van der Waals surface area contributed by atoms with Gasteiger partial charge in [0.2, 0.25) is 5.91 Å². The number of nitrogens with one attached hydrogen (secondary N) is 1. The Bertz CT molecular complexity index is 1180. The van der Waals surface area contributed by atoms with Crippen molar-refractivity contribution in [2.45, 2.75) is 30.8 Å². The van der Waals surface area contributed by atoms with Gasteiger partial charge in [-0.15, -0.1) is 10.2 Å². The summed E-state index contributed by atoms with van der Waals surface area (Å²) in [4.78, 5) is 17.1. The molecule has 1 atom stereocenters. The quantitative estimate of drug-likeness (QED) is 0.358. The van der Waals surface area contributed by atoms with Crippen LogP contribution in [0.5, 0.6) is 5.75 Å². The third kappa shape index (κ3) is 5.78. The van der Waals surface area contributed by atoms with E-state index in [1.807, 2.05) is 73.0 Å². The summed E-state index contributed by atoms with van der Waals surface area (Å²) < 4.78 is 7.48. The summed E-state index contributed by atoms with van der Waals surface area (Å²) in [6.45, 7) is 4.99. The zero-order chi connectivity index (χ0) is 23.0. The molecule has 4 aromatic rings. The molecule has 0 saturated carbocycles. The average Bonchev–Trinajstić information content (AvgIpc) is 3.23. The number of pyridine rings is 1. The van der Waals surface area contributed by atoms with E-state index >= 15 is 0 Å². The first-order valence-corrected chi connectivity index (χ1v) is 11.6. The van der Waals surface area contributed by atoms with E-state index in [9.17, 15) is 4.79 Å². The summed E-state index contributed by atoms with van der Waals surface area (Å²) in [6.07, 6.45) is 3.49. The van der Waals surface area contributed by atoms with Crippen molar-refractivity contribution in [2.75, 3.05) is 11.9 Å². The van der Waals surface area contributed by atoms with E-state index in [1.165, 1.54) is 11.8 Å². The molecule has 0 aliphatic heterocycles. The zero-order valence-electron chi connectivity index (χ0n) is 18.5. The molecule has 0 radical (unpaired) electrons. The summed E-state index contributed by atoms with van der Waals surface area (Å²) >= 11 is 1.38. The number of hydrogen-bond acceptors (Lipinski definition) is 6. The maximum Gasteiger partial charge on any atom is 0.237 e. The highest BCUT2D eigenvalue weighted by atomic mass is 32.2. The first-order valence-electron chi connectivity index (χ1n) is 10.7. The minimum atomic E-state index is -0.378. The normalized spacial score (nSPS) is 11.7. The van der Waals surface area contributed by atoms with E-state index in [4.69, 9.17) is 4.74 Å². The van der Waals surface area contributed by atoms with Gasteiger partial charge in [-0.25, -0.2) is 0 Å². The summed E-state index contributed by atoms with van der Waals surface area (Å²) in [7, 11) is 0. The molecule has 1 N–H and O–H groups in total. The predicted octanol–water partition coefficient (Wildman–Crippen LogP) is 4.91. The molecule has 4 rings (SSSR count). The molecule has 1 amide bonds. The number of benzene rings is 2. The summed E-state index contributed by atoms with van der Waals surface area (Å²) in [5.74, 6) is 1.38. The topological polar surface area (TPSA) is 81.9 Å². The fourth-order valence-corrected chi connectivity index (χ4v) is 4.10. The van der Waals surface area contributed by atoms with E-state index in [0.717, 1.165) is 22.6 Å². The number of thioether (sulfide) groups is 1. The van der Waals surface area contributed by atoms with Gasteiger partial charge >= 0.3 is 0 Å². The summed E-state index contributed by atoms with van der Waals surface area (Å²) in [5, 5.41) is 12.1. The number of anilines is 1. The second-order valence-corrected chi connectivity index (χ2v) is 8.63. The molecule has 0 aliphatic rings. The van der Waals surface area contributed by atoms with Gasteiger partial charge in [-0.05, 0) is 55.8 Å². The minimum Gasteiger partial charge on any atom is -0.494 e. The molecule has 2 aromatic heterocycles. The van der Waals surface area contributed by atoms with Crippen LogP contribution in [0, 0.1) is 0 Å². The number of hydrogen-bond donors (Lipinski definition) is 1. The van der Waals surface area contributed by atoms with Gasteiger partial charge in [-0.2, -0.15) is 0 Å². The van der Waals surface area contributed by atoms with E-state index in [0.29, 0.717) is 24.1 Å². The molecule has 0 fully saturated rings. The lowest BCUT2D eigenvalue weighted by molar-refractivity contribution is -0.115. The van der Waals surface area contributed by atoms with Crippen LogP contribution >= 0.6 is 11.8 Å². The van der Waals surface area contributed by atoms with Crippen molar-refractivity contribution < 1.29 is 9.53 Å². The van der Waals surface area contributed by atoms with Crippen LogP contribution in [0.15, 0.2) is 84.3 Å². The fraction of sp³-hybridized carbons (Fsp3) is 0.200. The van der Waals surface area contributed by atoms with E-state index in [2.05, 4.69) is 32.6 Å². The molecule has 1 unspecified atom stereocenters. The number of aromatic nitrogens is 4. The molecule has 8 heteroatoms. The van der Waals surface area contributed by atoms with Gasteiger partial charge in [0.25, 0.3) is 0 Å². The SMILES string of the molecule is CCOc1ccc(NC(=O)C(C)Sc2nnc(-c3cccnc3)n2Cc2ccccc2)cc1. The van der Waals surface area contributed by atoms with Gasteiger partial charge in [-0.1, -0.05) is 42.1 Å². The number of ether oxygens (including phenoxy) is 1. The molecule has 0 aliphatic carbocycles. The van der Waals surface area contributed by atoms with Crippen molar-refractivity contribution >= 4 is 23.4 Å². The van der Waals surface area contributed by atoms with Gasteiger partial charge in [0, 0.05) is 23.6 Å². The maximum atomic E-state index is 12.8. The van der Waals surface area contributed by atoms with Crippen molar-refractivity contribution in [3.8, 4) is 17.1 Å². The molecule has 2 aromatic carbocycles. The molecule has 33 heavy (non-hydrogen) atoms. The fourth-order valence-electron chi connectivity index (χ4n) is 3.25. The second kappa shape index (κ2) is 10.8. The number of nitrogens with zero attached hydrogens (tertiary/aromatic N) is 4. The smallest absolute Gasteiger partial charge is 0.237 e. The maximum absolute atomic E-state index is 12.8.